The molecule has 3 rings (SSSR count). The van der Waals surface area contributed by atoms with Crippen molar-refractivity contribution < 1.29 is 14.7 Å². The lowest BCUT2D eigenvalue weighted by atomic mass is 9.87. The summed E-state index contributed by atoms with van der Waals surface area (Å²) in [5, 5.41) is 13.4. The summed E-state index contributed by atoms with van der Waals surface area (Å²) in [6, 6.07) is 12.3. The van der Waals surface area contributed by atoms with Crippen LogP contribution >= 0.6 is 15.9 Å². The summed E-state index contributed by atoms with van der Waals surface area (Å²) in [5.41, 5.74) is 0.469. The molecule has 1 aliphatic rings. The van der Waals surface area contributed by atoms with Crippen LogP contribution in [0.15, 0.2) is 46.9 Å². The summed E-state index contributed by atoms with van der Waals surface area (Å²) in [5.74, 6) is -0.828. The van der Waals surface area contributed by atoms with Gasteiger partial charge in [0.15, 0.2) is 11.4 Å². The zero-order valence-corrected chi connectivity index (χ0v) is 13.5. The molecule has 1 heterocycles. The molecule has 4 nitrogen and oxygen atoms in total. The lowest BCUT2D eigenvalue weighted by molar-refractivity contribution is -0.133. The third-order valence-corrected chi connectivity index (χ3v) is 4.41. The van der Waals surface area contributed by atoms with E-state index in [1.165, 1.54) is 0 Å². The molecule has 0 unspecified atom stereocenters. The highest BCUT2D eigenvalue weighted by molar-refractivity contribution is 9.10. The van der Waals surface area contributed by atoms with E-state index >= 15 is 0 Å². The molecule has 1 amide bonds. The van der Waals surface area contributed by atoms with Gasteiger partial charge in [0.2, 0.25) is 0 Å². The highest BCUT2D eigenvalue weighted by Gasteiger charge is 2.46. The second kappa shape index (κ2) is 5.34. The van der Waals surface area contributed by atoms with Crippen molar-refractivity contribution in [2.75, 3.05) is 5.32 Å². The average Bonchev–Trinajstić information content (AvgIpc) is 2.71. The van der Waals surface area contributed by atoms with Gasteiger partial charge in [-0.2, -0.15) is 0 Å². The molecule has 2 aromatic carbocycles. The van der Waals surface area contributed by atoms with Gasteiger partial charge in [-0.25, -0.2) is 0 Å². The van der Waals surface area contributed by atoms with Crippen LogP contribution in [-0.2, 0) is 10.4 Å². The van der Waals surface area contributed by atoms with Crippen molar-refractivity contribution in [3.05, 3.63) is 63.6 Å². The zero-order valence-electron chi connectivity index (χ0n) is 11.9. The second-order valence-electron chi connectivity index (χ2n) is 5.42. The Balaban J connectivity index is 1.98. The zero-order chi connectivity index (χ0) is 15.9. The maximum Gasteiger partial charge on any atom is 0.261 e. The lowest BCUT2D eigenvalue weighted by Gasteiger charge is -2.20. The first-order valence-electron chi connectivity index (χ1n) is 6.84. The van der Waals surface area contributed by atoms with Crippen LogP contribution < -0.4 is 5.32 Å². The van der Waals surface area contributed by atoms with Gasteiger partial charge < -0.3 is 10.4 Å². The van der Waals surface area contributed by atoms with Crippen LogP contribution in [0.5, 0.6) is 0 Å². The summed E-state index contributed by atoms with van der Waals surface area (Å²) < 4.78 is 0.740. The minimum atomic E-state index is -1.83. The number of carbonyl (C=O) groups excluding carboxylic acids is 2. The van der Waals surface area contributed by atoms with E-state index in [0.29, 0.717) is 16.8 Å². The van der Waals surface area contributed by atoms with E-state index < -0.39 is 11.5 Å². The summed E-state index contributed by atoms with van der Waals surface area (Å²) in [6.45, 7) is 1.83. The number of aliphatic hydroxyl groups is 1. The Hall–Kier alpha value is -1.98. The van der Waals surface area contributed by atoms with Crippen LogP contribution in [-0.4, -0.2) is 16.8 Å². The van der Waals surface area contributed by atoms with E-state index in [1.54, 1.807) is 30.3 Å². The number of anilines is 1. The second-order valence-corrected chi connectivity index (χ2v) is 6.33. The van der Waals surface area contributed by atoms with Crippen molar-refractivity contribution in [3.8, 4) is 0 Å². The number of rotatable bonds is 3. The fraction of sp³-hybridized carbons (Fsp3) is 0.176. The Bertz CT molecular complexity index is 787. The number of ketones is 1. The van der Waals surface area contributed by atoms with Crippen LogP contribution in [0.4, 0.5) is 5.69 Å². The van der Waals surface area contributed by atoms with Gasteiger partial charge in [0.05, 0.1) is 6.42 Å². The Labute approximate surface area is 136 Å². The molecule has 0 aromatic heterocycles. The number of benzene rings is 2. The minimum Gasteiger partial charge on any atom is -0.375 e. The minimum absolute atomic E-state index is 0.261. The highest BCUT2D eigenvalue weighted by Crippen LogP contribution is 2.40. The quantitative estimate of drug-likeness (QED) is 0.827. The van der Waals surface area contributed by atoms with Gasteiger partial charge in [-0.3, -0.25) is 9.59 Å². The monoisotopic (exact) mass is 359 g/mol. The topological polar surface area (TPSA) is 66.4 Å². The predicted molar refractivity (Wildman–Crippen MR) is 86.8 cm³/mol. The van der Waals surface area contributed by atoms with Crippen molar-refractivity contribution in [2.45, 2.75) is 18.9 Å². The van der Waals surface area contributed by atoms with Gasteiger partial charge in [-0.05, 0) is 30.7 Å². The first-order chi connectivity index (χ1) is 10.4. The number of fused-ring (bicyclic) bond motifs is 1. The third kappa shape index (κ3) is 2.36. The highest BCUT2D eigenvalue weighted by atomic mass is 79.9. The fourth-order valence-corrected chi connectivity index (χ4v) is 3.07. The van der Waals surface area contributed by atoms with Crippen LogP contribution in [0.1, 0.15) is 27.9 Å². The van der Waals surface area contributed by atoms with Crippen LogP contribution in [0.2, 0.25) is 0 Å². The van der Waals surface area contributed by atoms with E-state index in [2.05, 4.69) is 21.2 Å². The largest absolute Gasteiger partial charge is 0.375 e. The lowest BCUT2D eigenvalue weighted by Crippen LogP contribution is -2.36. The summed E-state index contributed by atoms with van der Waals surface area (Å²) in [4.78, 5) is 24.7. The average molecular weight is 360 g/mol. The number of hydrogen-bond donors (Lipinski definition) is 2. The van der Waals surface area contributed by atoms with E-state index in [1.807, 2.05) is 19.1 Å². The summed E-state index contributed by atoms with van der Waals surface area (Å²) in [6.07, 6.45) is -0.285. The van der Waals surface area contributed by atoms with Crippen molar-refractivity contribution in [3.63, 3.8) is 0 Å². The molecule has 2 N–H and O–H groups in total. The number of carbonyl (C=O) groups is 2. The maximum absolute atomic E-state index is 12.5. The van der Waals surface area contributed by atoms with Gasteiger partial charge in [0.1, 0.15) is 0 Å². The van der Waals surface area contributed by atoms with Crippen LogP contribution in [0.3, 0.4) is 0 Å². The molecule has 1 atom stereocenters. The van der Waals surface area contributed by atoms with E-state index in [9.17, 15) is 14.7 Å². The molecule has 0 fully saturated rings. The number of halogens is 1. The molecule has 5 heteroatoms. The molecule has 1 aliphatic heterocycles. The third-order valence-electron chi connectivity index (χ3n) is 3.91. The van der Waals surface area contributed by atoms with E-state index in [4.69, 9.17) is 0 Å². The first-order valence-corrected chi connectivity index (χ1v) is 7.64. The Kier molecular flexibility index (Phi) is 3.62. The summed E-state index contributed by atoms with van der Waals surface area (Å²) in [7, 11) is 0. The van der Waals surface area contributed by atoms with E-state index in [0.717, 1.165) is 10.0 Å². The Morgan fingerprint density at radius 2 is 2.00 bits per heavy atom. The molecule has 2 aromatic rings. The van der Waals surface area contributed by atoms with Gasteiger partial charge >= 0.3 is 0 Å². The number of nitrogens with one attached hydrogen (secondary N) is 1. The van der Waals surface area contributed by atoms with Crippen LogP contribution in [0, 0.1) is 6.92 Å². The molecule has 112 valence electrons. The molecule has 0 radical (unpaired) electrons. The number of hydrogen-bond acceptors (Lipinski definition) is 3. The molecule has 22 heavy (non-hydrogen) atoms. The standard InChI is InChI=1S/C17H14BrNO3/c1-10-4-2-3-5-12(10)15(20)9-17(22)13-8-11(18)6-7-14(13)19-16(17)21/h2-8,22H,9H2,1H3,(H,19,21)/t17-/m0/s1. The van der Waals surface area contributed by atoms with Gasteiger partial charge in [-0.15, -0.1) is 0 Å². The molecular formula is C17H14BrNO3. The first kappa shape index (κ1) is 14.9. The van der Waals surface area contributed by atoms with Gasteiger partial charge in [-0.1, -0.05) is 40.2 Å². The van der Waals surface area contributed by atoms with Gasteiger partial charge in [0, 0.05) is 21.3 Å². The Morgan fingerprint density at radius 3 is 2.73 bits per heavy atom. The number of amides is 1. The molecule has 0 bridgehead atoms. The van der Waals surface area contributed by atoms with Crippen molar-refractivity contribution in [2.24, 2.45) is 0 Å². The molecule has 0 spiro atoms. The molecule has 0 aliphatic carbocycles. The molecule has 0 saturated heterocycles. The normalized spacial score (nSPS) is 19.7. The van der Waals surface area contributed by atoms with Crippen molar-refractivity contribution in [1.29, 1.82) is 0 Å². The van der Waals surface area contributed by atoms with Gasteiger partial charge in [0.25, 0.3) is 5.91 Å². The van der Waals surface area contributed by atoms with Crippen molar-refractivity contribution >= 4 is 33.3 Å². The predicted octanol–water partition coefficient (Wildman–Crippen LogP) is 3.17. The SMILES string of the molecule is Cc1ccccc1C(=O)C[C@@]1(O)C(=O)Nc2ccc(Br)cc21. The number of Topliss-reactive ketones (excluding diaryl/α,β-unsaturated/α-hetero) is 1. The number of aryl methyl sites for hydroxylation is 1. The Morgan fingerprint density at radius 1 is 1.27 bits per heavy atom. The maximum atomic E-state index is 12.5. The smallest absolute Gasteiger partial charge is 0.261 e. The molecular weight excluding hydrogens is 346 g/mol. The van der Waals surface area contributed by atoms with Crippen LogP contribution in [0.25, 0.3) is 0 Å². The fourth-order valence-electron chi connectivity index (χ4n) is 2.70. The van der Waals surface area contributed by atoms with Crippen molar-refractivity contribution in [1.82, 2.24) is 0 Å². The van der Waals surface area contributed by atoms with E-state index in [-0.39, 0.29) is 12.2 Å². The summed E-state index contributed by atoms with van der Waals surface area (Å²) >= 11 is 3.32. The molecule has 0 saturated carbocycles.